The summed E-state index contributed by atoms with van der Waals surface area (Å²) in [6, 6.07) is 0. The number of amides is 1. The summed E-state index contributed by atoms with van der Waals surface area (Å²) in [5.74, 6) is 0.292. The van der Waals surface area contributed by atoms with Gasteiger partial charge in [-0.05, 0) is 19.4 Å². The van der Waals surface area contributed by atoms with Crippen molar-refractivity contribution in [2.24, 2.45) is 5.92 Å². The molecular formula is C11H17N3OS. The lowest BCUT2D eigenvalue weighted by Gasteiger charge is -2.08. The molecule has 0 saturated carbocycles. The first-order chi connectivity index (χ1) is 7.79. The van der Waals surface area contributed by atoms with E-state index < -0.39 is 0 Å². The van der Waals surface area contributed by atoms with E-state index in [0.29, 0.717) is 6.54 Å². The molecule has 4 nitrogen and oxygen atoms in total. The number of hydrogen-bond donors (Lipinski definition) is 2. The van der Waals surface area contributed by atoms with Crippen LogP contribution in [0.1, 0.15) is 24.0 Å². The zero-order valence-corrected chi connectivity index (χ0v) is 10.3. The molecule has 2 heterocycles. The molecule has 1 atom stereocenters. The summed E-state index contributed by atoms with van der Waals surface area (Å²) in [4.78, 5) is 16.1. The van der Waals surface area contributed by atoms with Gasteiger partial charge in [0, 0.05) is 11.9 Å². The molecular weight excluding hydrogens is 222 g/mol. The van der Waals surface area contributed by atoms with Gasteiger partial charge in [-0.15, -0.1) is 11.3 Å². The van der Waals surface area contributed by atoms with Crippen molar-refractivity contribution in [1.82, 2.24) is 15.6 Å². The Kier molecular flexibility index (Phi) is 3.90. The standard InChI is InChI=1S/C11H17N3OS/c1-2-10-14-9(7-16-10)6-13-11(15)8-3-4-12-5-8/h7-8,12H,2-6H2,1H3,(H,13,15). The van der Waals surface area contributed by atoms with Crippen molar-refractivity contribution in [3.05, 3.63) is 16.1 Å². The second-order valence-electron chi connectivity index (χ2n) is 3.99. The van der Waals surface area contributed by atoms with Crippen LogP contribution in [0.2, 0.25) is 0 Å². The molecule has 5 heteroatoms. The van der Waals surface area contributed by atoms with Crippen LogP contribution in [0.25, 0.3) is 0 Å². The number of aryl methyl sites for hydroxylation is 1. The van der Waals surface area contributed by atoms with Gasteiger partial charge in [-0.3, -0.25) is 4.79 Å². The number of nitrogens with zero attached hydrogens (tertiary/aromatic N) is 1. The van der Waals surface area contributed by atoms with E-state index in [1.807, 2.05) is 5.38 Å². The Morgan fingerprint density at radius 2 is 2.62 bits per heavy atom. The van der Waals surface area contributed by atoms with E-state index in [4.69, 9.17) is 0 Å². The van der Waals surface area contributed by atoms with E-state index in [2.05, 4.69) is 22.5 Å². The number of carbonyl (C=O) groups excluding carboxylic acids is 1. The molecule has 1 aromatic heterocycles. The van der Waals surface area contributed by atoms with Gasteiger partial charge in [0.25, 0.3) is 0 Å². The van der Waals surface area contributed by atoms with E-state index in [9.17, 15) is 4.79 Å². The molecule has 1 fully saturated rings. The molecule has 2 rings (SSSR count). The molecule has 1 aliphatic rings. The van der Waals surface area contributed by atoms with Crippen molar-refractivity contribution in [2.75, 3.05) is 13.1 Å². The third kappa shape index (κ3) is 2.80. The summed E-state index contributed by atoms with van der Waals surface area (Å²) in [6.45, 7) is 4.41. The maximum absolute atomic E-state index is 11.7. The maximum Gasteiger partial charge on any atom is 0.224 e. The van der Waals surface area contributed by atoms with Gasteiger partial charge in [-0.2, -0.15) is 0 Å². The lowest BCUT2D eigenvalue weighted by molar-refractivity contribution is -0.124. The van der Waals surface area contributed by atoms with E-state index in [0.717, 1.165) is 36.6 Å². The molecule has 1 aromatic rings. The molecule has 1 unspecified atom stereocenters. The molecule has 0 aliphatic carbocycles. The highest BCUT2D eigenvalue weighted by Gasteiger charge is 2.21. The van der Waals surface area contributed by atoms with Crippen LogP contribution in [0.3, 0.4) is 0 Å². The topological polar surface area (TPSA) is 54.0 Å². The summed E-state index contributed by atoms with van der Waals surface area (Å²) in [6.07, 6.45) is 1.91. The minimum absolute atomic E-state index is 0.143. The number of carbonyl (C=O) groups is 1. The molecule has 88 valence electrons. The lowest BCUT2D eigenvalue weighted by atomic mass is 10.1. The lowest BCUT2D eigenvalue weighted by Crippen LogP contribution is -2.31. The van der Waals surface area contributed by atoms with E-state index in [-0.39, 0.29) is 11.8 Å². The minimum atomic E-state index is 0.143. The Bertz CT molecular complexity index is 358. The fourth-order valence-electron chi connectivity index (χ4n) is 1.79. The Morgan fingerprint density at radius 1 is 1.75 bits per heavy atom. The fraction of sp³-hybridized carbons (Fsp3) is 0.636. The van der Waals surface area contributed by atoms with Crippen molar-refractivity contribution in [1.29, 1.82) is 0 Å². The van der Waals surface area contributed by atoms with E-state index >= 15 is 0 Å². The third-order valence-corrected chi connectivity index (χ3v) is 3.82. The summed E-state index contributed by atoms with van der Waals surface area (Å²) in [5, 5.41) is 9.28. The number of nitrogens with one attached hydrogen (secondary N) is 2. The van der Waals surface area contributed by atoms with Crippen LogP contribution in [-0.2, 0) is 17.8 Å². The maximum atomic E-state index is 11.7. The predicted octanol–water partition coefficient (Wildman–Crippen LogP) is 0.931. The highest BCUT2D eigenvalue weighted by atomic mass is 32.1. The number of aromatic nitrogens is 1. The van der Waals surface area contributed by atoms with Crippen LogP contribution >= 0.6 is 11.3 Å². The zero-order chi connectivity index (χ0) is 11.4. The minimum Gasteiger partial charge on any atom is -0.350 e. The van der Waals surface area contributed by atoms with Gasteiger partial charge in [-0.1, -0.05) is 6.92 Å². The molecule has 16 heavy (non-hydrogen) atoms. The molecule has 0 aromatic carbocycles. The van der Waals surface area contributed by atoms with Crippen molar-refractivity contribution in [2.45, 2.75) is 26.3 Å². The van der Waals surface area contributed by atoms with Gasteiger partial charge in [-0.25, -0.2) is 4.98 Å². The summed E-state index contributed by atoms with van der Waals surface area (Å²) in [5.41, 5.74) is 0.973. The Hall–Kier alpha value is -0.940. The van der Waals surface area contributed by atoms with Crippen LogP contribution in [0.4, 0.5) is 0 Å². The predicted molar refractivity (Wildman–Crippen MR) is 64.3 cm³/mol. The van der Waals surface area contributed by atoms with Crippen LogP contribution < -0.4 is 10.6 Å². The van der Waals surface area contributed by atoms with Crippen LogP contribution in [0, 0.1) is 5.92 Å². The van der Waals surface area contributed by atoms with E-state index in [1.165, 1.54) is 0 Å². The fourth-order valence-corrected chi connectivity index (χ4v) is 2.54. The van der Waals surface area contributed by atoms with E-state index in [1.54, 1.807) is 11.3 Å². The number of hydrogen-bond acceptors (Lipinski definition) is 4. The van der Waals surface area contributed by atoms with Gasteiger partial charge in [0.15, 0.2) is 0 Å². The van der Waals surface area contributed by atoms with Crippen molar-refractivity contribution >= 4 is 17.2 Å². The summed E-state index contributed by atoms with van der Waals surface area (Å²) < 4.78 is 0. The highest BCUT2D eigenvalue weighted by molar-refractivity contribution is 7.09. The van der Waals surface area contributed by atoms with Crippen LogP contribution in [-0.4, -0.2) is 24.0 Å². The highest BCUT2D eigenvalue weighted by Crippen LogP contribution is 2.11. The number of thiazole rings is 1. The smallest absolute Gasteiger partial charge is 0.224 e. The number of rotatable bonds is 4. The average molecular weight is 239 g/mol. The SMILES string of the molecule is CCc1nc(CNC(=O)C2CCNC2)cs1. The molecule has 1 saturated heterocycles. The van der Waals surface area contributed by atoms with Crippen molar-refractivity contribution in [3.63, 3.8) is 0 Å². The second kappa shape index (κ2) is 5.41. The Balaban J connectivity index is 1.80. The second-order valence-corrected chi connectivity index (χ2v) is 4.94. The first-order valence-corrected chi connectivity index (χ1v) is 6.59. The molecule has 0 spiro atoms. The van der Waals surface area contributed by atoms with Gasteiger partial charge in [0.05, 0.1) is 23.2 Å². The Labute approximate surface area is 99.5 Å². The van der Waals surface area contributed by atoms with Crippen LogP contribution in [0.15, 0.2) is 5.38 Å². The monoisotopic (exact) mass is 239 g/mol. The van der Waals surface area contributed by atoms with Crippen LogP contribution in [0.5, 0.6) is 0 Å². The van der Waals surface area contributed by atoms with Gasteiger partial charge >= 0.3 is 0 Å². The van der Waals surface area contributed by atoms with Crippen molar-refractivity contribution < 1.29 is 4.79 Å². The molecule has 0 radical (unpaired) electrons. The Morgan fingerprint density at radius 3 is 3.25 bits per heavy atom. The average Bonchev–Trinajstić information content (AvgIpc) is 2.96. The zero-order valence-electron chi connectivity index (χ0n) is 9.45. The largest absolute Gasteiger partial charge is 0.350 e. The third-order valence-electron chi connectivity index (χ3n) is 2.78. The summed E-state index contributed by atoms with van der Waals surface area (Å²) in [7, 11) is 0. The molecule has 1 amide bonds. The quantitative estimate of drug-likeness (QED) is 0.822. The van der Waals surface area contributed by atoms with Gasteiger partial charge < -0.3 is 10.6 Å². The molecule has 2 N–H and O–H groups in total. The van der Waals surface area contributed by atoms with Gasteiger partial charge in [0.2, 0.25) is 5.91 Å². The van der Waals surface area contributed by atoms with Gasteiger partial charge in [0.1, 0.15) is 0 Å². The molecule has 1 aliphatic heterocycles. The summed E-state index contributed by atoms with van der Waals surface area (Å²) >= 11 is 1.66. The molecule has 0 bridgehead atoms. The van der Waals surface area contributed by atoms with Crippen molar-refractivity contribution in [3.8, 4) is 0 Å². The first-order valence-electron chi connectivity index (χ1n) is 5.71. The first kappa shape index (κ1) is 11.5. The normalized spacial score (nSPS) is 19.9.